The van der Waals surface area contributed by atoms with E-state index in [1.54, 1.807) is 30.9 Å². The van der Waals surface area contributed by atoms with Crippen molar-refractivity contribution in [3.05, 3.63) is 48.6 Å². The minimum absolute atomic E-state index is 0.376. The predicted octanol–water partition coefficient (Wildman–Crippen LogP) is 0.688. The molecule has 0 unspecified atom stereocenters. The van der Waals surface area contributed by atoms with Crippen LogP contribution in [0.25, 0.3) is 0 Å². The van der Waals surface area contributed by atoms with Crippen LogP contribution in [0.3, 0.4) is 0 Å². The Balaban J connectivity index is 2.20. The van der Waals surface area contributed by atoms with Crippen LogP contribution in [0.1, 0.15) is 11.4 Å². The van der Waals surface area contributed by atoms with Gasteiger partial charge in [0.1, 0.15) is 12.0 Å². The molecule has 0 aromatic carbocycles. The number of nitrogens with zero attached hydrogens (tertiary/aromatic N) is 5. The van der Waals surface area contributed by atoms with Crippen LogP contribution >= 0.6 is 0 Å². The van der Waals surface area contributed by atoms with Gasteiger partial charge in [0.25, 0.3) is 0 Å². The first-order chi connectivity index (χ1) is 7.90. The Morgan fingerprint density at radius 1 is 1.19 bits per heavy atom. The van der Waals surface area contributed by atoms with E-state index in [1.807, 2.05) is 0 Å². The summed E-state index contributed by atoms with van der Waals surface area (Å²) < 4.78 is 0. The van der Waals surface area contributed by atoms with E-state index in [9.17, 15) is 0 Å². The summed E-state index contributed by atoms with van der Waals surface area (Å²) in [6.07, 6.45) is 8.16. The first kappa shape index (κ1) is 10.2. The largest absolute Gasteiger partial charge is 0.411 e. The van der Waals surface area contributed by atoms with E-state index in [0.29, 0.717) is 23.5 Å². The highest BCUT2D eigenvalue weighted by Crippen LogP contribution is 2.02. The van der Waals surface area contributed by atoms with Crippen LogP contribution in [0, 0.1) is 0 Å². The summed E-state index contributed by atoms with van der Waals surface area (Å²) in [6.45, 7) is 0. The molecule has 2 heterocycles. The summed E-state index contributed by atoms with van der Waals surface area (Å²) in [5, 5.41) is 12.1. The fraction of sp³-hybridized carbons (Fsp3) is 0.100. The first-order valence-electron chi connectivity index (χ1n) is 4.62. The topological polar surface area (TPSA) is 84.2 Å². The van der Waals surface area contributed by atoms with Crippen LogP contribution in [-0.4, -0.2) is 30.9 Å². The third kappa shape index (κ3) is 2.35. The lowest BCUT2D eigenvalue weighted by molar-refractivity contribution is 0.318. The number of oxime groups is 1. The predicted molar refractivity (Wildman–Crippen MR) is 56.1 cm³/mol. The molecule has 1 N–H and O–H groups in total. The molecule has 0 radical (unpaired) electrons. The fourth-order valence-electron chi connectivity index (χ4n) is 1.23. The number of hydrogen-bond donors (Lipinski definition) is 1. The standard InChI is InChI=1S/C10H9N5O/c16-15-10(9-1-2-12-7-14-9)5-8-6-11-3-4-13-8/h1-4,6-7,16H,5H2/b15-10+. The van der Waals surface area contributed by atoms with Crippen LogP contribution in [0.2, 0.25) is 0 Å². The van der Waals surface area contributed by atoms with Crippen molar-refractivity contribution in [1.29, 1.82) is 0 Å². The molecule has 2 aromatic heterocycles. The summed E-state index contributed by atoms with van der Waals surface area (Å²) in [6, 6.07) is 1.67. The third-order valence-corrected chi connectivity index (χ3v) is 1.96. The van der Waals surface area contributed by atoms with Gasteiger partial charge in [-0.3, -0.25) is 9.97 Å². The van der Waals surface area contributed by atoms with Gasteiger partial charge in [-0.1, -0.05) is 5.16 Å². The summed E-state index contributed by atoms with van der Waals surface area (Å²) >= 11 is 0. The zero-order valence-electron chi connectivity index (χ0n) is 8.35. The lowest BCUT2D eigenvalue weighted by Gasteiger charge is -2.01. The van der Waals surface area contributed by atoms with E-state index >= 15 is 0 Å². The van der Waals surface area contributed by atoms with Crippen LogP contribution in [0.5, 0.6) is 0 Å². The van der Waals surface area contributed by atoms with Gasteiger partial charge in [-0.05, 0) is 6.07 Å². The van der Waals surface area contributed by atoms with Gasteiger partial charge in [-0.2, -0.15) is 0 Å². The molecule has 6 nitrogen and oxygen atoms in total. The number of hydrogen-bond acceptors (Lipinski definition) is 6. The van der Waals surface area contributed by atoms with Gasteiger partial charge in [0.2, 0.25) is 0 Å². The molecule has 0 fully saturated rings. The lowest BCUT2D eigenvalue weighted by Crippen LogP contribution is -2.09. The molecule has 2 aromatic rings. The van der Waals surface area contributed by atoms with Crippen LogP contribution in [0.15, 0.2) is 42.3 Å². The maximum absolute atomic E-state index is 8.92. The zero-order chi connectivity index (χ0) is 11.2. The maximum atomic E-state index is 8.92. The second-order valence-corrected chi connectivity index (χ2v) is 3.01. The molecule has 6 heteroatoms. The highest BCUT2D eigenvalue weighted by molar-refractivity contribution is 5.99. The van der Waals surface area contributed by atoms with Crippen molar-refractivity contribution >= 4 is 5.71 Å². The second-order valence-electron chi connectivity index (χ2n) is 3.01. The average molecular weight is 215 g/mol. The molecular formula is C10H9N5O. The van der Waals surface area contributed by atoms with E-state index in [4.69, 9.17) is 5.21 Å². The van der Waals surface area contributed by atoms with Crippen molar-refractivity contribution in [2.75, 3.05) is 0 Å². The Hall–Kier alpha value is -2.37. The van der Waals surface area contributed by atoms with Crippen LogP contribution in [0.4, 0.5) is 0 Å². The summed E-state index contributed by atoms with van der Waals surface area (Å²) in [7, 11) is 0. The summed E-state index contributed by atoms with van der Waals surface area (Å²) in [5.41, 5.74) is 1.72. The minimum Gasteiger partial charge on any atom is -0.411 e. The molecule has 0 aliphatic rings. The van der Waals surface area contributed by atoms with Gasteiger partial charge in [-0.25, -0.2) is 9.97 Å². The van der Waals surface area contributed by atoms with Gasteiger partial charge in [0.15, 0.2) is 0 Å². The van der Waals surface area contributed by atoms with Gasteiger partial charge in [-0.15, -0.1) is 0 Å². The Labute approximate surface area is 91.7 Å². The normalized spacial score (nSPS) is 11.4. The van der Waals surface area contributed by atoms with E-state index < -0.39 is 0 Å². The van der Waals surface area contributed by atoms with Crippen LogP contribution < -0.4 is 0 Å². The molecule has 0 aliphatic heterocycles. The Kier molecular flexibility index (Phi) is 3.12. The third-order valence-electron chi connectivity index (χ3n) is 1.96. The summed E-state index contributed by atoms with van der Waals surface area (Å²) in [4.78, 5) is 15.8. The highest BCUT2D eigenvalue weighted by Gasteiger charge is 2.07. The van der Waals surface area contributed by atoms with Gasteiger partial charge >= 0.3 is 0 Å². The quantitative estimate of drug-likeness (QED) is 0.462. The molecule has 16 heavy (non-hydrogen) atoms. The monoisotopic (exact) mass is 215 g/mol. The van der Waals surface area contributed by atoms with E-state index in [2.05, 4.69) is 25.1 Å². The molecule has 80 valence electrons. The van der Waals surface area contributed by atoms with Gasteiger partial charge in [0.05, 0.1) is 11.4 Å². The Bertz CT molecular complexity index is 471. The Morgan fingerprint density at radius 3 is 2.75 bits per heavy atom. The molecule has 0 bridgehead atoms. The van der Waals surface area contributed by atoms with E-state index in [0.717, 1.165) is 0 Å². The first-order valence-corrected chi connectivity index (χ1v) is 4.62. The molecule has 2 rings (SSSR count). The van der Waals surface area contributed by atoms with Crippen molar-refractivity contribution in [3.8, 4) is 0 Å². The Morgan fingerprint density at radius 2 is 2.12 bits per heavy atom. The molecule has 0 saturated heterocycles. The molecule has 0 spiro atoms. The molecule has 0 aliphatic carbocycles. The zero-order valence-corrected chi connectivity index (χ0v) is 8.35. The average Bonchev–Trinajstić information content (AvgIpc) is 2.38. The molecule has 0 saturated carbocycles. The van der Waals surface area contributed by atoms with E-state index in [-0.39, 0.29) is 0 Å². The van der Waals surface area contributed by atoms with Crippen molar-refractivity contribution in [2.24, 2.45) is 5.16 Å². The van der Waals surface area contributed by atoms with Crippen molar-refractivity contribution in [1.82, 2.24) is 19.9 Å². The lowest BCUT2D eigenvalue weighted by atomic mass is 10.1. The minimum atomic E-state index is 0.376. The highest BCUT2D eigenvalue weighted by atomic mass is 16.4. The van der Waals surface area contributed by atoms with Gasteiger partial charge < -0.3 is 5.21 Å². The molecule has 0 amide bonds. The molecule has 0 atom stereocenters. The van der Waals surface area contributed by atoms with Crippen molar-refractivity contribution in [2.45, 2.75) is 6.42 Å². The maximum Gasteiger partial charge on any atom is 0.116 e. The van der Waals surface area contributed by atoms with Gasteiger partial charge in [0, 0.05) is 31.2 Å². The summed E-state index contributed by atoms with van der Waals surface area (Å²) in [5.74, 6) is 0. The number of aromatic nitrogens is 4. The smallest absolute Gasteiger partial charge is 0.116 e. The van der Waals surface area contributed by atoms with Crippen molar-refractivity contribution in [3.63, 3.8) is 0 Å². The second kappa shape index (κ2) is 4.92. The van der Waals surface area contributed by atoms with Crippen molar-refractivity contribution < 1.29 is 5.21 Å². The van der Waals surface area contributed by atoms with Crippen LogP contribution in [-0.2, 0) is 6.42 Å². The van der Waals surface area contributed by atoms with E-state index in [1.165, 1.54) is 6.33 Å². The fourth-order valence-corrected chi connectivity index (χ4v) is 1.23. The number of rotatable bonds is 3. The SMILES string of the molecule is O/N=C(\Cc1cnccn1)c1ccncn1. The molecular weight excluding hydrogens is 206 g/mol.